The Kier molecular flexibility index (Phi) is 2.95. The van der Waals surface area contributed by atoms with Crippen LogP contribution in [-0.4, -0.2) is 26.6 Å². The van der Waals surface area contributed by atoms with E-state index in [4.69, 9.17) is 4.55 Å². The van der Waals surface area contributed by atoms with Crippen molar-refractivity contribution < 1.29 is 30.7 Å². The molecule has 0 saturated heterocycles. The third-order valence-electron chi connectivity index (χ3n) is 0.719. The van der Waals surface area contributed by atoms with Gasteiger partial charge >= 0.3 is 12.1 Å². The summed E-state index contributed by atoms with van der Waals surface area (Å²) in [6.07, 6.45) is -5.76. The summed E-state index contributed by atoms with van der Waals surface area (Å²) >= 11 is -3.15. The van der Waals surface area contributed by atoms with Crippen LogP contribution in [0.25, 0.3) is 0 Å². The van der Waals surface area contributed by atoms with E-state index >= 15 is 0 Å². The molecular weight excluding hydrogens is 195 g/mol. The summed E-state index contributed by atoms with van der Waals surface area (Å²) in [5.74, 6) is -7.21. The molecule has 0 aliphatic carbocycles. The number of halogens is 5. The predicted octanol–water partition coefficient (Wildman–Crippen LogP) is 1.41. The van der Waals surface area contributed by atoms with Crippen LogP contribution in [0.5, 0.6) is 0 Å². The minimum absolute atomic E-state index is 2.11. The first-order chi connectivity index (χ1) is 4.67. The molecule has 0 rings (SSSR count). The molecule has 0 fully saturated rings. The van der Waals surface area contributed by atoms with Gasteiger partial charge in [0.2, 0.25) is 0 Å². The van der Waals surface area contributed by atoms with E-state index in [1.807, 2.05) is 0 Å². The molecule has 0 aliphatic rings. The minimum Gasteiger partial charge on any atom is -0.306 e. The Bertz CT molecular complexity index is 164. The molecule has 0 aromatic heterocycles. The van der Waals surface area contributed by atoms with Gasteiger partial charge in [-0.2, -0.15) is 22.0 Å². The first kappa shape index (κ1) is 10.8. The fraction of sp³-hybridized carbons (Fsp3) is 1.00. The van der Waals surface area contributed by atoms with E-state index in [-0.39, 0.29) is 0 Å². The lowest BCUT2D eigenvalue weighted by atomic mass is 10.4. The average Bonchev–Trinajstić information content (AvgIpc) is 1.56. The van der Waals surface area contributed by atoms with Gasteiger partial charge in [0, 0.05) is 0 Å². The molecule has 1 N–H and O–H groups in total. The lowest BCUT2D eigenvalue weighted by molar-refractivity contribution is -0.271. The second kappa shape index (κ2) is 3.02. The highest BCUT2D eigenvalue weighted by atomic mass is 32.2. The molecule has 1 unspecified atom stereocenters. The average molecular weight is 198 g/mol. The molecule has 0 aromatic carbocycles. The Hall–Kier alpha value is -0.240. The molecule has 1 atom stereocenters. The molecule has 0 spiro atoms. The summed E-state index contributed by atoms with van der Waals surface area (Å²) in [7, 11) is 0. The summed E-state index contributed by atoms with van der Waals surface area (Å²) in [5.41, 5.74) is 0. The van der Waals surface area contributed by atoms with Crippen molar-refractivity contribution in [3.05, 3.63) is 0 Å². The van der Waals surface area contributed by atoms with Crippen molar-refractivity contribution in [2.24, 2.45) is 0 Å². The number of rotatable bonds is 2. The number of hydrogen-bond donors (Lipinski definition) is 1. The lowest BCUT2D eigenvalue weighted by Crippen LogP contribution is -2.41. The third kappa shape index (κ3) is 3.10. The van der Waals surface area contributed by atoms with Crippen molar-refractivity contribution >= 4 is 11.1 Å². The first-order valence-electron chi connectivity index (χ1n) is 2.19. The van der Waals surface area contributed by atoms with Gasteiger partial charge in [-0.3, -0.25) is 0 Å². The van der Waals surface area contributed by atoms with E-state index < -0.39 is 28.9 Å². The van der Waals surface area contributed by atoms with E-state index in [2.05, 4.69) is 0 Å². The van der Waals surface area contributed by atoms with Gasteiger partial charge in [-0.15, -0.1) is 0 Å². The molecule has 0 heterocycles. The molecule has 0 bridgehead atoms. The second-order valence-electron chi connectivity index (χ2n) is 1.67. The molecule has 11 heavy (non-hydrogen) atoms. The van der Waals surface area contributed by atoms with Crippen LogP contribution in [0.1, 0.15) is 0 Å². The van der Waals surface area contributed by atoms with E-state index in [0.29, 0.717) is 0 Å². The summed E-state index contributed by atoms with van der Waals surface area (Å²) in [6.45, 7) is 0. The summed E-state index contributed by atoms with van der Waals surface area (Å²) in [5, 5.41) is 0. The van der Waals surface area contributed by atoms with E-state index in [9.17, 15) is 26.2 Å². The summed E-state index contributed by atoms with van der Waals surface area (Å²) in [4.78, 5) is 0. The van der Waals surface area contributed by atoms with E-state index in [0.717, 1.165) is 0 Å². The van der Waals surface area contributed by atoms with Crippen LogP contribution in [0.4, 0.5) is 22.0 Å². The van der Waals surface area contributed by atoms with Gasteiger partial charge in [0.05, 0.1) is 0 Å². The van der Waals surface area contributed by atoms with Crippen molar-refractivity contribution in [3.8, 4) is 0 Å². The Morgan fingerprint density at radius 3 is 1.64 bits per heavy atom. The molecule has 0 radical (unpaired) electrons. The fourth-order valence-corrected chi connectivity index (χ4v) is 0.711. The predicted molar refractivity (Wildman–Crippen MR) is 26.6 cm³/mol. The maximum absolute atomic E-state index is 11.7. The quantitative estimate of drug-likeness (QED) is 0.538. The van der Waals surface area contributed by atoms with Crippen molar-refractivity contribution in [1.82, 2.24) is 0 Å². The van der Waals surface area contributed by atoms with Crippen LogP contribution < -0.4 is 0 Å². The van der Waals surface area contributed by atoms with Crippen molar-refractivity contribution in [3.63, 3.8) is 0 Å². The van der Waals surface area contributed by atoms with Crippen LogP contribution in [0.3, 0.4) is 0 Å². The highest BCUT2D eigenvalue weighted by molar-refractivity contribution is 7.79. The molecular formula is C3H3F5O2S. The number of hydrogen-bond acceptors (Lipinski definition) is 1. The highest BCUT2D eigenvalue weighted by Crippen LogP contribution is 2.35. The molecule has 0 aliphatic heterocycles. The normalized spacial score (nSPS) is 16.5. The van der Waals surface area contributed by atoms with Crippen molar-refractivity contribution in [2.75, 3.05) is 5.75 Å². The summed E-state index contributed by atoms with van der Waals surface area (Å²) in [6, 6.07) is 0. The molecule has 2 nitrogen and oxygen atoms in total. The fourth-order valence-electron chi connectivity index (χ4n) is 0.237. The second-order valence-corrected chi connectivity index (χ2v) is 2.60. The van der Waals surface area contributed by atoms with E-state index in [1.54, 1.807) is 0 Å². The zero-order valence-corrected chi connectivity index (χ0v) is 5.68. The van der Waals surface area contributed by atoms with Crippen LogP contribution >= 0.6 is 0 Å². The molecule has 0 saturated carbocycles. The zero-order chi connectivity index (χ0) is 9.28. The summed E-state index contributed by atoms with van der Waals surface area (Å²) < 4.78 is 74.3. The SMILES string of the molecule is O=S(O)CC(F)(F)C(F)(F)F. The van der Waals surface area contributed by atoms with Crippen LogP contribution in [0.2, 0.25) is 0 Å². The van der Waals surface area contributed by atoms with Crippen LogP contribution in [0.15, 0.2) is 0 Å². The van der Waals surface area contributed by atoms with Crippen molar-refractivity contribution in [1.29, 1.82) is 0 Å². The van der Waals surface area contributed by atoms with E-state index in [1.165, 1.54) is 0 Å². The van der Waals surface area contributed by atoms with Crippen molar-refractivity contribution in [2.45, 2.75) is 12.1 Å². The molecule has 0 amide bonds. The van der Waals surface area contributed by atoms with Gasteiger partial charge in [0.15, 0.2) is 11.1 Å². The smallest absolute Gasteiger partial charge is 0.306 e. The monoisotopic (exact) mass is 198 g/mol. The molecule has 8 heteroatoms. The zero-order valence-electron chi connectivity index (χ0n) is 4.86. The Morgan fingerprint density at radius 2 is 1.55 bits per heavy atom. The highest BCUT2D eigenvalue weighted by Gasteiger charge is 2.58. The Labute approximate surface area is 60.7 Å². The van der Waals surface area contributed by atoms with Gasteiger partial charge < -0.3 is 4.55 Å². The van der Waals surface area contributed by atoms with Crippen LogP contribution in [0, 0.1) is 0 Å². The maximum atomic E-state index is 11.7. The topological polar surface area (TPSA) is 37.3 Å². The third-order valence-corrected chi connectivity index (χ3v) is 1.33. The molecule has 0 aromatic rings. The van der Waals surface area contributed by atoms with Crippen LogP contribution in [-0.2, 0) is 11.1 Å². The van der Waals surface area contributed by atoms with Gasteiger partial charge in [-0.1, -0.05) is 0 Å². The van der Waals surface area contributed by atoms with Gasteiger partial charge in [0.1, 0.15) is 5.75 Å². The lowest BCUT2D eigenvalue weighted by Gasteiger charge is -2.16. The van der Waals surface area contributed by atoms with Gasteiger partial charge in [0.25, 0.3) is 0 Å². The Balaban J connectivity index is 4.34. The molecule has 68 valence electrons. The largest absolute Gasteiger partial charge is 0.454 e. The number of alkyl halides is 5. The Morgan fingerprint density at radius 1 is 1.18 bits per heavy atom. The van der Waals surface area contributed by atoms with Gasteiger partial charge in [-0.05, 0) is 0 Å². The first-order valence-corrected chi connectivity index (χ1v) is 3.46. The maximum Gasteiger partial charge on any atom is 0.454 e. The standard InChI is InChI=1S/C3H3F5O2S/c4-2(5,1-11(9)10)3(6,7)8/h1H2,(H,9,10). The van der Waals surface area contributed by atoms with Gasteiger partial charge in [-0.25, -0.2) is 4.21 Å². The minimum atomic E-state index is -5.76.